The van der Waals surface area contributed by atoms with Crippen molar-refractivity contribution in [1.29, 1.82) is 0 Å². The van der Waals surface area contributed by atoms with Gasteiger partial charge in [0.15, 0.2) is 0 Å². The molecule has 2 rings (SSSR count). The number of amides is 1. The molecule has 120 valence electrons. The predicted octanol–water partition coefficient (Wildman–Crippen LogP) is 4.17. The molecule has 0 bridgehead atoms. The summed E-state index contributed by atoms with van der Waals surface area (Å²) in [5.41, 5.74) is 1.02. The topological polar surface area (TPSA) is 66.4 Å². The predicted molar refractivity (Wildman–Crippen MR) is 86.9 cm³/mol. The van der Waals surface area contributed by atoms with Gasteiger partial charge in [0.25, 0.3) is 0 Å². The summed E-state index contributed by atoms with van der Waals surface area (Å²) in [6.07, 6.45) is 4.11. The Kier molecular flexibility index (Phi) is 5.22. The number of nitrogens with one attached hydrogen (secondary N) is 1. The molecule has 0 aliphatic heterocycles. The summed E-state index contributed by atoms with van der Waals surface area (Å²) in [7, 11) is 0. The summed E-state index contributed by atoms with van der Waals surface area (Å²) in [6.45, 7) is 4.20. The van der Waals surface area contributed by atoms with E-state index in [4.69, 9.17) is 0 Å². The number of hydrogen-bond donors (Lipinski definition) is 2. The number of rotatable bonds is 5. The molecule has 0 saturated heterocycles. The normalized spacial score (nSPS) is 17.2. The van der Waals surface area contributed by atoms with Crippen molar-refractivity contribution in [2.75, 3.05) is 5.32 Å². The van der Waals surface area contributed by atoms with E-state index in [0.717, 1.165) is 30.5 Å². The average molecular weight is 303 g/mol. The minimum absolute atomic E-state index is 0.0637. The van der Waals surface area contributed by atoms with Crippen LogP contribution >= 0.6 is 0 Å². The van der Waals surface area contributed by atoms with E-state index in [9.17, 15) is 14.7 Å². The fourth-order valence-corrected chi connectivity index (χ4v) is 3.18. The third-order valence-electron chi connectivity index (χ3n) is 4.60. The number of carboxylic acids is 1. The van der Waals surface area contributed by atoms with E-state index in [1.807, 2.05) is 24.3 Å². The molecule has 0 heterocycles. The van der Waals surface area contributed by atoms with Crippen LogP contribution < -0.4 is 5.32 Å². The molecule has 2 N–H and O–H groups in total. The molecule has 4 nitrogen and oxygen atoms in total. The monoisotopic (exact) mass is 303 g/mol. The summed E-state index contributed by atoms with van der Waals surface area (Å²) in [4.78, 5) is 23.9. The van der Waals surface area contributed by atoms with Gasteiger partial charge >= 0.3 is 5.97 Å². The van der Waals surface area contributed by atoms with E-state index in [-0.39, 0.29) is 12.3 Å². The van der Waals surface area contributed by atoms with Gasteiger partial charge in [0, 0.05) is 12.1 Å². The van der Waals surface area contributed by atoms with Gasteiger partial charge in [0.05, 0.1) is 5.41 Å². The van der Waals surface area contributed by atoms with E-state index in [1.165, 1.54) is 0 Å². The number of anilines is 1. The molecule has 1 aliphatic rings. The lowest BCUT2D eigenvalue weighted by molar-refractivity contribution is -0.153. The highest BCUT2D eigenvalue weighted by atomic mass is 16.4. The molecule has 0 unspecified atom stereocenters. The summed E-state index contributed by atoms with van der Waals surface area (Å²) in [6, 6.07) is 7.74. The van der Waals surface area contributed by atoms with Crippen LogP contribution in [0.2, 0.25) is 0 Å². The van der Waals surface area contributed by atoms with Crippen molar-refractivity contribution in [2.24, 2.45) is 5.41 Å². The lowest BCUT2D eigenvalue weighted by atomic mass is 9.71. The van der Waals surface area contributed by atoms with Gasteiger partial charge in [-0.3, -0.25) is 9.59 Å². The maximum absolute atomic E-state index is 12.3. The number of aliphatic carboxylic acids is 1. The first-order valence-corrected chi connectivity index (χ1v) is 8.06. The summed E-state index contributed by atoms with van der Waals surface area (Å²) in [5.74, 6) is -0.649. The Hall–Kier alpha value is -1.84. The summed E-state index contributed by atoms with van der Waals surface area (Å²) < 4.78 is 0. The van der Waals surface area contributed by atoms with Crippen molar-refractivity contribution in [3.05, 3.63) is 29.8 Å². The quantitative estimate of drug-likeness (QED) is 0.857. The zero-order valence-corrected chi connectivity index (χ0v) is 13.4. The number of carbonyl (C=O) groups excluding carboxylic acids is 1. The van der Waals surface area contributed by atoms with Gasteiger partial charge in [0.2, 0.25) is 5.91 Å². The Labute approximate surface area is 131 Å². The first-order valence-electron chi connectivity index (χ1n) is 8.06. The molecule has 1 aliphatic carbocycles. The highest BCUT2D eigenvalue weighted by Crippen LogP contribution is 2.39. The van der Waals surface area contributed by atoms with Gasteiger partial charge < -0.3 is 10.4 Å². The molecule has 4 heteroatoms. The molecular formula is C18H25NO3. The minimum Gasteiger partial charge on any atom is -0.481 e. The molecule has 0 aromatic heterocycles. The van der Waals surface area contributed by atoms with Crippen molar-refractivity contribution in [3.8, 4) is 0 Å². The molecule has 1 aromatic carbocycles. The zero-order chi connectivity index (χ0) is 16.2. The Balaban J connectivity index is 2.05. The largest absolute Gasteiger partial charge is 0.481 e. The fraction of sp³-hybridized carbons (Fsp3) is 0.556. The molecular weight excluding hydrogens is 278 g/mol. The van der Waals surface area contributed by atoms with Crippen LogP contribution in [0.5, 0.6) is 0 Å². The van der Waals surface area contributed by atoms with E-state index < -0.39 is 11.4 Å². The van der Waals surface area contributed by atoms with Crippen LogP contribution in [-0.2, 0) is 9.59 Å². The van der Waals surface area contributed by atoms with E-state index in [1.54, 1.807) is 0 Å². The third-order valence-corrected chi connectivity index (χ3v) is 4.60. The van der Waals surface area contributed by atoms with Gasteiger partial charge in [-0.15, -0.1) is 0 Å². The van der Waals surface area contributed by atoms with Crippen LogP contribution in [0.25, 0.3) is 0 Å². The van der Waals surface area contributed by atoms with Gasteiger partial charge in [-0.05, 0) is 36.5 Å². The first kappa shape index (κ1) is 16.5. The summed E-state index contributed by atoms with van der Waals surface area (Å²) in [5, 5.41) is 12.4. The van der Waals surface area contributed by atoms with E-state index in [0.29, 0.717) is 18.8 Å². The second-order valence-corrected chi connectivity index (χ2v) is 6.65. The van der Waals surface area contributed by atoms with Crippen molar-refractivity contribution in [2.45, 2.75) is 58.3 Å². The van der Waals surface area contributed by atoms with E-state index in [2.05, 4.69) is 19.2 Å². The second kappa shape index (κ2) is 6.95. The number of hydrogen-bond acceptors (Lipinski definition) is 2. The smallest absolute Gasteiger partial charge is 0.310 e. The van der Waals surface area contributed by atoms with Crippen molar-refractivity contribution < 1.29 is 14.7 Å². The zero-order valence-electron chi connectivity index (χ0n) is 13.4. The van der Waals surface area contributed by atoms with Crippen LogP contribution in [0.15, 0.2) is 24.3 Å². The standard InChI is InChI=1S/C18H25NO3/c1-13(2)14-7-6-8-15(11-14)19-16(20)12-18(17(21)22)9-4-3-5-10-18/h6-8,11,13H,3-5,9-10,12H2,1-2H3,(H,19,20)(H,21,22). The molecule has 22 heavy (non-hydrogen) atoms. The lowest BCUT2D eigenvalue weighted by Crippen LogP contribution is -2.37. The number of carbonyl (C=O) groups is 2. The van der Waals surface area contributed by atoms with Crippen LogP contribution in [0.1, 0.15) is 63.9 Å². The maximum atomic E-state index is 12.3. The SMILES string of the molecule is CC(C)c1cccc(NC(=O)CC2(C(=O)O)CCCCC2)c1. The Morgan fingerprint density at radius 1 is 1.23 bits per heavy atom. The number of carboxylic acid groups (broad SMARTS) is 1. The molecule has 0 radical (unpaired) electrons. The molecule has 0 spiro atoms. The summed E-state index contributed by atoms with van der Waals surface area (Å²) >= 11 is 0. The highest BCUT2D eigenvalue weighted by molar-refractivity contribution is 5.94. The van der Waals surface area contributed by atoms with Crippen LogP contribution in [0, 0.1) is 5.41 Å². The number of benzene rings is 1. The van der Waals surface area contributed by atoms with Gasteiger partial charge in [-0.25, -0.2) is 0 Å². The Morgan fingerprint density at radius 2 is 1.91 bits per heavy atom. The van der Waals surface area contributed by atoms with Crippen molar-refractivity contribution in [3.63, 3.8) is 0 Å². The fourth-order valence-electron chi connectivity index (χ4n) is 3.18. The maximum Gasteiger partial charge on any atom is 0.310 e. The second-order valence-electron chi connectivity index (χ2n) is 6.65. The third kappa shape index (κ3) is 3.87. The Morgan fingerprint density at radius 3 is 2.50 bits per heavy atom. The first-order chi connectivity index (χ1) is 10.4. The van der Waals surface area contributed by atoms with Gasteiger partial charge in [-0.2, -0.15) is 0 Å². The molecule has 1 fully saturated rings. The van der Waals surface area contributed by atoms with E-state index >= 15 is 0 Å². The van der Waals surface area contributed by atoms with Crippen molar-refractivity contribution in [1.82, 2.24) is 0 Å². The lowest BCUT2D eigenvalue weighted by Gasteiger charge is -2.32. The minimum atomic E-state index is -0.877. The van der Waals surface area contributed by atoms with Crippen LogP contribution in [-0.4, -0.2) is 17.0 Å². The average Bonchev–Trinajstić information content (AvgIpc) is 2.48. The van der Waals surface area contributed by atoms with Crippen LogP contribution in [0.3, 0.4) is 0 Å². The molecule has 0 atom stereocenters. The van der Waals surface area contributed by atoms with Crippen LogP contribution in [0.4, 0.5) is 5.69 Å². The molecule has 1 saturated carbocycles. The molecule has 1 amide bonds. The van der Waals surface area contributed by atoms with Gasteiger partial charge in [-0.1, -0.05) is 45.2 Å². The Bertz CT molecular complexity index is 545. The highest BCUT2D eigenvalue weighted by Gasteiger charge is 2.41. The molecule has 1 aromatic rings. The van der Waals surface area contributed by atoms with Crippen molar-refractivity contribution >= 4 is 17.6 Å². The van der Waals surface area contributed by atoms with Gasteiger partial charge in [0.1, 0.15) is 0 Å².